The highest BCUT2D eigenvalue weighted by Crippen LogP contribution is 2.43. The van der Waals surface area contributed by atoms with Gasteiger partial charge in [-0.1, -0.05) is 0 Å². The molecule has 2 unspecified atom stereocenters. The van der Waals surface area contributed by atoms with Crippen LogP contribution in [0, 0.1) is 11.3 Å². The summed E-state index contributed by atoms with van der Waals surface area (Å²) < 4.78 is 0. The van der Waals surface area contributed by atoms with E-state index in [4.69, 9.17) is 5.26 Å². The average molecular weight is 264 g/mol. The van der Waals surface area contributed by atoms with E-state index in [1.54, 1.807) is 11.8 Å². The van der Waals surface area contributed by atoms with Crippen LogP contribution < -0.4 is 4.90 Å². The van der Waals surface area contributed by atoms with Crippen molar-refractivity contribution in [3.8, 4) is 6.07 Å². The van der Waals surface area contributed by atoms with Crippen LogP contribution >= 0.6 is 23.5 Å². The summed E-state index contributed by atoms with van der Waals surface area (Å²) in [5, 5.41) is 9.26. The second-order valence-electron chi connectivity index (χ2n) is 4.20. The highest BCUT2D eigenvalue weighted by molar-refractivity contribution is 8.00. The predicted molar refractivity (Wildman–Crippen MR) is 76.0 cm³/mol. The number of thioether (sulfide) groups is 2. The lowest BCUT2D eigenvalue weighted by Gasteiger charge is -2.38. The minimum Gasteiger partial charge on any atom is -0.370 e. The first-order valence-corrected chi connectivity index (χ1v) is 7.72. The van der Waals surface area contributed by atoms with Gasteiger partial charge in [0.15, 0.2) is 0 Å². The first kappa shape index (κ1) is 12.7. The highest BCUT2D eigenvalue weighted by atomic mass is 32.2. The maximum Gasteiger partial charge on any atom is 0.0634 e. The zero-order valence-corrected chi connectivity index (χ0v) is 11.9. The fraction of sp³-hybridized carbons (Fsp3) is 0.462. The number of fused-ring (bicyclic) bond motifs is 1. The van der Waals surface area contributed by atoms with Crippen molar-refractivity contribution in [3.05, 3.63) is 18.2 Å². The molecule has 0 saturated carbocycles. The minimum absolute atomic E-state index is 0.370. The summed E-state index contributed by atoms with van der Waals surface area (Å²) in [5.74, 6) is 0. The molecule has 4 heteroatoms. The summed E-state index contributed by atoms with van der Waals surface area (Å²) in [4.78, 5) is 4.88. The molecule has 1 aromatic carbocycles. The van der Waals surface area contributed by atoms with Crippen molar-refractivity contribution in [1.29, 1.82) is 5.26 Å². The van der Waals surface area contributed by atoms with Crippen LogP contribution in [0.2, 0.25) is 0 Å². The van der Waals surface area contributed by atoms with Crippen LogP contribution in [0.3, 0.4) is 0 Å². The van der Waals surface area contributed by atoms with Gasteiger partial charge in [0.05, 0.1) is 11.8 Å². The summed E-state index contributed by atoms with van der Waals surface area (Å²) in [6.07, 6.45) is 2.70. The summed E-state index contributed by atoms with van der Waals surface area (Å²) in [6, 6.07) is 9.29. The maximum absolute atomic E-state index is 8.89. The quantitative estimate of drug-likeness (QED) is 0.762. The van der Waals surface area contributed by atoms with Gasteiger partial charge in [-0.15, -0.1) is 23.5 Å². The molecule has 0 fully saturated rings. The SMILES string of the molecule is CSc1ccc2c(c1)SC(CC#N)C(C)N2C. The molecular formula is C13H16N2S2. The standard InChI is InChI=1S/C13H16N2S2/c1-9-12(6-7-14)17-13-8-10(16-3)4-5-11(13)15(9)2/h4-5,8-9,12H,6H2,1-3H3. The van der Waals surface area contributed by atoms with Crippen LogP contribution in [-0.4, -0.2) is 24.6 Å². The Morgan fingerprint density at radius 1 is 1.53 bits per heavy atom. The van der Waals surface area contributed by atoms with Crippen LogP contribution in [0.25, 0.3) is 0 Å². The van der Waals surface area contributed by atoms with E-state index < -0.39 is 0 Å². The van der Waals surface area contributed by atoms with E-state index in [9.17, 15) is 0 Å². The number of nitriles is 1. The van der Waals surface area contributed by atoms with Crippen LogP contribution in [0.4, 0.5) is 5.69 Å². The fourth-order valence-corrected chi connectivity index (χ4v) is 3.95. The monoisotopic (exact) mass is 264 g/mol. The van der Waals surface area contributed by atoms with Crippen LogP contribution in [0.1, 0.15) is 13.3 Å². The Bertz CT molecular complexity index is 453. The molecule has 0 amide bonds. The second kappa shape index (κ2) is 5.24. The summed E-state index contributed by atoms with van der Waals surface area (Å²) >= 11 is 3.61. The van der Waals surface area contributed by atoms with E-state index in [1.165, 1.54) is 15.5 Å². The van der Waals surface area contributed by atoms with Crippen molar-refractivity contribution in [1.82, 2.24) is 0 Å². The van der Waals surface area contributed by atoms with E-state index >= 15 is 0 Å². The molecule has 0 radical (unpaired) electrons. The van der Waals surface area contributed by atoms with Gasteiger partial charge in [-0.25, -0.2) is 0 Å². The lowest BCUT2D eigenvalue weighted by Crippen LogP contribution is -2.40. The normalized spacial score (nSPS) is 23.1. The van der Waals surface area contributed by atoms with Crippen molar-refractivity contribution in [2.45, 2.75) is 34.4 Å². The van der Waals surface area contributed by atoms with Crippen molar-refractivity contribution < 1.29 is 0 Å². The van der Waals surface area contributed by atoms with Gasteiger partial charge in [0, 0.05) is 34.6 Å². The summed E-state index contributed by atoms with van der Waals surface area (Å²) in [5.41, 5.74) is 1.29. The number of benzene rings is 1. The molecule has 0 bridgehead atoms. The van der Waals surface area contributed by atoms with Crippen molar-refractivity contribution in [2.75, 3.05) is 18.2 Å². The van der Waals surface area contributed by atoms with Crippen molar-refractivity contribution in [3.63, 3.8) is 0 Å². The second-order valence-corrected chi connectivity index (χ2v) is 6.36. The highest BCUT2D eigenvalue weighted by Gasteiger charge is 2.29. The summed E-state index contributed by atoms with van der Waals surface area (Å²) in [6.45, 7) is 2.19. The molecule has 90 valence electrons. The smallest absolute Gasteiger partial charge is 0.0634 e. The fourth-order valence-electron chi connectivity index (χ4n) is 2.04. The topological polar surface area (TPSA) is 27.0 Å². The molecule has 0 saturated heterocycles. The number of nitrogens with zero attached hydrogens (tertiary/aromatic N) is 2. The largest absolute Gasteiger partial charge is 0.370 e. The molecule has 2 nitrogen and oxygen atoms in total. The van der Waals surface area contributed by atoms with Gasteiger partial charge in [0.2, 0.25) is 0 Å². The lowest BCUT2D eigenvalue weighted by molar-refractivity contribution is 0.638. The van der Waals surface area contributed by atoms with Gasteiger partial charge in [0.25, 0.3) is 0 Å². The summed E-state index contributed by atoms with van der Waals surface area (Å²) in [7, 11) is 2.12. The zero-order valence-electron chi connectivity index (χ0n) is 10.3. The first-order chi connectivity index (χ1) is 8.17. The Morgan fingerprint density at radius 2 is 2.29 bits per heavy atom. The molecule has 2 atom stereocenters. The molecule has 0 N–H and O–H groups in total. The van der Waals surface area contributed by atoms with E-state index in [1.807, 2.05) is 11.8 Å². The van der Waals surface area contributed by atoms with Gasteiger partial charge in [0.1, 0.15) is 0 Å². The van der Waals surface area contributed by atoms with Crippen LogP contribution in [0.15, 0.2) is 28.0 Å². The number of hydrogen-bond donors (Lipinski definition) is 0. The van der Waals surface area contributed by atoms with Gasteiger partial charge >= 0.3 is 0 Å². The molecule has 1 aliphatic rings. The van der Waals surface area contributed by atoms with E-state index in [2.05, 4.69) is 49.4 Å². The maximum atomic E-state index is 8.89. The van der Waals surface area contributed by atoms with Crippen LogP contribution in [0.5, 0.6) is 0 Å². The van der Waals surface area contributed by atoms with E-state index in [-0.39, 0.29) is 0 Å². The first-order valence-electron chi connectivity index (χ1n) is 5.62. The van der Waals surface area contributed by atoms with Gasteiger partial charge in [-0.2, -0.15) is 5.26 Å². The molecular weight excluding hydrogens is 248 g/mol. The van der Waals surface area contributed by atoms with Gasteiger partial charge in [-0.05, 0) is 31.4 Å². The number of rotatable bonds is 2. The Morgan fingerprint density at radius 3 is 2.94 bits per heavy atom. The molecule has 2 rings (SSSR count). The Balaban J connectivity index is 2.35. The molecule has 1 heterocycles. The lowest BCUT2D eigenvalue weighted by atomic mass is 10.1. The van der Waals surface area contributed by atoms with Gasteiger partial charge < -0.3 is 4.90 Å². The molecule has 0 aliphatic carbocycles. The van der Waals surface area contributed by atoms with Crippen LogP contribution in [-0.2, 0) is 0 Å². The predicted octanol–water partition coefficient (Wildman–Crippen LogP) is 3.62. The average Bonchev–Trinajstić information content (AvgIpc) is 2.35. The van der Waals surface area contributed by atoms with E-state index in [0.717, 1.165) is 0 Å². The van der Waals surface area contributed by atoms with Gasteiger partial charge in [-0.3, -0.25) is 0 Å². The van der Waals surface area contributed by atoms with Crippen molar-refractivity contribution in [2.24, 2.45) is 0 Å². The number of anilines is 1. The Labute approximate surface area is 111 Å². The molecule has 0 spiro atoms. The third-order valence-electron chi connectivity index (χ3n) is 3.27. The molecule has 1 aromatic rings. The van der Waals surface area contributed by atoms with Crippen molar-refractivity contribution >= 4 is 29.2 Å². The molecule has 17 heavy (non-hydrogen) atoms. The third kappa shape index (κ3) is 2.41. The number of hydrogen-bond acceptors (Lipinski definition) is 4. The minimum atomic E-state index is 0.370. The van der Waals surface area contributed by atoms with E-state index in [0.29, 0.717) is 17.7 Å². The molecule has 0 aromatic heterocycles. The molecule has 1 aliphatic heterocycles. The Hall–Kier alpha value is -0.790. The Kier molecular flexibility index (Phi) is 3.90. The zero-order chi connectivity index (χ0) is 12.4. The third-order valence-corrected chi connectivity index (χ3v) is 5.44.